The van der Waals surface area contributed by atoms with Gasteiger partial charge < -0.3 is 10.2 Å². The van der Waals surface area contributed by atoms with Gasteiger partial charge in [-0.15, -0.1) is 0 Å². The zero-order valence-electron chi connectivity index (χ0n) is 15.5. The van der Waals surface area contributed by atoms with E-state index >= 15 is 0 Å². The van der Waals surface area contributed by atoms with Gasteiger partial charge in [-0.25, -0.2) is 8.42 Å². The Morgan fingerprint density at radius 1 is 0.923 bits per heavy atom. The Bertz CT molecular complexity index is 686. The van der Waals surface area contributed by atoms with Crippen LogP contribution in [0.1, 0.15) is 57.8 Å². The molecule has 26 heavy (non-hydrogen) atoms. The summed E-state index contributed by atoms with van der Waals surface area (Å²) in [5.74, 6) is 0.120. The van der Waals surface area contributed by atoms with Crippen LogP contribution in [0.25, 0.3) is 0 Å². The number of nitrogens with one attached hydrogen (secondary N) is 1. The Kier molecular flexibility index (Phi) is 6.57. The van der Waals surface area contributed by atoms with E-state index in [0.717, 1.165) is 57.3 Å². The maximum absolute atomic E-state index is 12.6. The van der Waals surface area contributed by atoms with Crippen molar-refractivity contribution in [2.75, 3.05) is 25.0 Å². The molecule has 1 heterocycles. The average Bonchev–Trinajstić information content (AvgIpc) is 3.15. The van der Waals surface area contributed by atoms with Gasteiger partial charge in [-0.2, -0.15) is 0 Å². The molecule has 1 saturated heterocycles. The summed E-state index contributed by atoms with van der Waals surface area (Å²) < 4.78 is 25.2. The second-order valence-electron chi connectivity index (χ2n) is 7.48. The van der Waals surface area contributed by atoms with Gasteiger partial charge >= 0.3 is 0 Å². The van der Waals surface area contributed by atoms with E-state index in [1.54, 1.807) is 24.3 Å². The topological polar surface area (TPSA) is 66.5 Å². The number of hydrogen-bond donors (Lipinski definition) is 1. The van der Waals surface area contributed by atoms with Gasteiger partial charge in [0.15, 0.2) is 9.84 Å². The van der Waals surface area contributed by atoms with Crippen LogP contribution in [0.3, 0.4) is 0 Å². The highest BCUT2D eigenvalue weighted by Gasteiger charge is 2.30. The summed E-state index contributed by atoms with van der Waals surface area (Å²) in [6.45, 7) is 1.95. The lowest BCUT2D eigenvalue weighted by atomic mass is 10.1. The summed E-state index contributed by atoms with van der Waals surface area (Å²) in [6, 6.07) is 6.86. The number of rotatable bonds is 5. The van der Waals surface area contributed by atoms with Crippen molar-refractivity contribution in [1.82, 2.24) is 4.90 Å². The molecule has 5 nitrogen and oxygen atoms in total. The molecule has 144 valence electrons. The maximum atomic E-state index is 12.6. The van der Waals surface area contributed by atoms with Crippen molar-refractivity contribution in [3.63, 3.8) is 0 Å². The highest BCUT2D eigenvalue weighted by molar-refractivity contribution is 7.92. The number of nitrogens with zero attached hydrogens (tertiary/aromatic N) is 1. The third-order valence-corrected chi connectivity index (χ3v) is 7.85. The number of anilines is 1. The van der Waals surface area contributed by atoms with Crippen molar-refractivity contribution in [3.8, 4) is 0 Å². The fourth-order valence-electron chi connectivity index (χ4n) is 3.94. The number of likely N-dealkylation sites (tertiary alicyclic amines) is 1. The predicted molar refractivity (Wildman–Crippen MR) is 104 cm³/mol. The highest BCUT2D eigenvalue weighted by atomic mass is 32.2. The largest absolute Gasteiger partial charge is 0.376 e. The van der Waals surface area contributed by atoms with E-state index in [-0.39, 0.29) is 17.7 Å². The first-order valence-electron chi connectivity index (χ1n) is 9.93. The minimum Gasteiger partial charge on any atom is -0.376 e. The van der Waals surface area contributed by atoms with E-state index in [1.165, 1.54) is 19.3 Å². The number of sulfone groups is 1. The second kappa shape index (κ2) is 8.89. The number of hydrogen-bond acceptors (Lipinski definition) is 4. The molecular weight excluding hydrogens is 348 g/mol. The molecule has 1 aromatic carbocycles. The fraction of sp³-hybridized carbons (Fsp3) is 0.650. The van der Waals surface area contributed by atoms with E-state index in [2.05, 4.69) is 5.32 Å². The van der Waals surface area contributed by atoms with Gasteiger partial charge in [0.05, 0.1) is 16.7 Å². The first kappa shape index (κ1) is 19.2. The number of carbonyl (C=O) groups excluding carboxylic acids is 1. The van der Waals surface area contributed by atoms with E-state index in [1.807, 2.05) is 4.90 Å². The minimum absolute atomic E-state index is 0.120. The van der Waals surface area contributed by atoms with Crippen LogP contribution >= 0.6 is 0 Å². The molecule has 2 aliphatic rings. The molecule has 0 aromatic heterocycles. The van der Waals surface area contributed by atoms with Crippen LogP contribution in [0.4, 0.5) is 5.69 Å². The molecule has 0 unspecified atom stereocenters. The van der Waals surface area contributed by atoms with Gasteiger partial charge in [-0.1, -0.05) is 32.1 Å². The molecule has 1 aliphatic carbocycles. The van der Waals surface area contributed by atoms with Crippen LogP contribution in [0.2, 0.25) is 0 Å². The van der Waals surface area contributed by atoms with Crippen molar-refractivity contribution < 1.29 is 13.2 Å². The van der Waals surface area contributed by atoms with Crippen molar-refractivity contribution in [3.05, 3.63) is 24.3 Å². The normalized spacial score (nSPS) is 19.8. The van der Waals surface area contributed by atoms with Gasteiger partial charge in [0.1, 0.15) is 0 Å². The lowest BCUT2D eigenvalue weighted by Gasteiger charge is -2.25. The minimum atomic E-state index is -3.21. The Morgan fingerprint density at radius 3 is 2.12 bits per heavy atom. The maximum Gasteiger partial charge on any atom is 0.241 e. The first-order valence-corrected chi connectivity index (χ1v) is 11.5. The van der Waals surface area contributed by atoms with Gasteiger partial charge in [-0.3, -0.25) is 4.79 Å². The summed E-state index contributed by atoms with van der Waals surface area (Å²) in [4.78, 5) is 14.7. The van der Waals surface area contributed by atoms with E-state index < -0.39 is 9.84 Å². The van der Waals surface area contributed by atoms with E-state index in [0.29, 0.717) is 4.90 Å². The number of carbonyl (C=O) groups is 1. The van der Waals surface area contributed by atoms with Gasteiger partial charge in [0.2, 0.25) is 5.91 Å². The van der Waals surface area contributed by atoms with Crippen LogP contribution in [-0.4, -0.2) is 44.1 Å². The van der Waals surface area contributed by atoms with Crippen LogP contribution in [0.5, 0.6) is 0 Å². The number of benzene rings is 1. The first-order chi connectivity index (χ1) is 12.6. The monoisotopic (exact) mass is 378 g/mol. The van der Waals surface area contributed by atoms with Crippen molar-refractivity contribution >= 4 is 21.4 Å². The zero-order chi connectivity index (χ0) is 18.4. The average molecular weight is 379 g/mol. The smallest absolute Gasteiger partial charge is 0.241 e. The van der Waals surface area contributed by atoms with E-state index in [4.69, 9.17) is 0 Å². The summed E-state index contributed by atoms with van der Waals surface area (Å²) >= 11 is 0. The lowest BCUT2D eigenvalue weighted by Crippen LogP contribution is -2.37. The SMILES string of the molecule is O=C(CNc1ccc(S(=O)(=O)C2CCCC2)cc1)N1CCCCCCC1. The molecule has 0 atom stereocenters. The molecule has 0 radical (unpaired) electrons. The molecule has 1 aliphatic heterocycles. The summed E-state index contributed by atoms with van der Waals surface area (Å²) in [5.41, 5.74) is 0.788. The third-order valence-electron chi connectivity index (χ3n) is 5.58. The fourth-order valence-corrected chi connectivity index (χ4v) is 5.79. The molecule has 1 N–H and O–H groups in total. The molecule has 1 saturated carbocycles. The van der Waals surface area contributed by atoms with Crippen molar-refractivity contribution in [2.24, 2.45) is 0 Å². The second-order valence-corrected chi connectivity index (χ2v) is 9.71. The summed E-state index contributed by atoms with van der Waals surface area (Å²) in [5, 5.41) is 2.91. The van der Waals surface area contributed by atoms with Crippen molar-refractivity contribution in [1.29, 1.82) is 0 Å². The van der Waals surface area contributed by atoms with Gasteiger partial charge in [0.25, 0.3) is 0 Å². The standard InChI is InChI=1S/C20H30N2O3S/c23-20(22-14-6-2-1-3-7-15-22)16-21-17-10-12-19(13-11-17)26(24,25)18-8-4-5-9-18/h10-13,18,21H,1-9,14-16H2. The molecule has 1 amide bonds. The molecule has 3 rings (SSSR count). The Morgan fingerprint density at radius 2 is 1.50 bits per heavy atom. The van der Waals surface area contributed by atoms with Crippen LogP contribution in [0.15, 0.2) is 29.2 Å². The van der Waals surface area contributed by atoms with Gasteiger partial charge in [-0.05, 0) is 49.9 Å². The van der Waals surface area contributed by atoms with Gasteiger partial charge in [0, 0.05) is 18.8 Å². The lowest BCUT2D eigenvalue weighted by molar-refractivity contribution is -0.129. The molecule has 0 spiro atoms. The zero-order valence-corrected chi connectivity index (χ0v) is 16.3. The quantitative estimate of drug-likeness (QED) is 0.850. The van der Waals surface area contributed by atoms with Crippen molar-refractivity contribution in [2.45, 2.75) is 67.9 Å². The summed E-state index contributed by atoms with van der Waals surface area (Å²) in [6.07, 6.45) is 9.39. The molecule has 1 aromatic rings. The predicted octanol–water partition coefficient (Wildman–Crippen LogP) is 3.61. The molecule has 2 fully saturated rings. The van der Waals surface area contributed by atoms with E-state index in [9.17, 15) is 13.2 Å². The summed E-state index contributed by atoms with van der Waals surface area (Å²) in [7, 11) is -3.21. The highest BCUT2D eigenvalue weighted by Crippen LogP contribution is 2.30. The molecule has 6 heteroatoms. The Labute approximate surface area is 157 Å². The molecular formula is C20H30N2O3S. The third kappa shape index (κ3) is 4.78. The number of amides is 1. The Hall–Kier alpha value is -1.56. The van der Waals surface area contributed by atoms with Crippen LogP contribution < -0.4 is 5.32 Å². The Balaban J connectivity index is 1.54. The molecule has 0 bridgehead atoms. The van der Waals surface area contributed by atoms with Crippen LogP contribution in [0, 0.1) is 0 Å². The van der Waals surface area contributed by atoms with Crippen LogP contribution in [-0.2, 0) is 14.6 Å².